The molecule has 108 valence electrons. The van der Waals surface area contributed by atoms with E-state index in [0.29, 0.717) is 12.8 Å². The molecular formula is C16H21NO3. The fraction of sp³-hybridized carbons (Fsp3) is 0.625. The van der Waals surface area contributed by atoms with Crippen LogP contribution < -0.4 is 0 Å². The quantitative estimate of drug-likeness (QED) is 0.778. The molecule has 1 aromatic heterocycles. The van der Waals surface area contributed by atoms with Crippen LogP contribution in [0.1, 0.15) is 43.6 Å². The van der Waals surface area contributed by atoms with E-state index in [1.54, 1.807) is 0 Å². The summed E-state index contributed by atoms with van der Waals surface area (Å²) >= 11 is 0. The van der Waals surface area contributed by atoms with E-state index in [1.807, 2.05) is 19.1 Å². The van der Waals surface area contributed by atoms with Gasteiger partial charge >= 0.3 is 0 Å². The topological polar surface area (TPSA) is 50.5 Å². The lowest BCUT2D eigenvalue weighted by molar-refractivity contribution is -0.135. The summed E-state index contributed by atoms with van der Waals surface area (Å²) in [4.78, 5) is 25.7. The summed E-state index contributed by atoms with van der Waals surface area (Å²) in [6, 6.07) is 4.01. The van der Waals surface area contributed by atoms with Gasteiger partial charge in [0, 0.05) is 12.8 Å². The number of carbonyl (C=O) groups excluding carboxylic acids is 2. The van der Waals surface area contributed by atoms with Gasteiger partial charge in [-0.1, -0.05) is 0 Å². The smallest absolute Gasteiger partial charge is 0.140 e. The van der Waals surface area contributed by atoms with E-state index >= 15 is 0 Å². The lowest BCUT2D eigenvalue weighted by Crippen LogP contribution is -2.44. The van der Waals surface area contributed by atoms with Gasteiger partial charge in [-0.25, -0.2) is 0 Å². The third-order valence-corrected chi connectivity index (χ3v) is 4.63. The maximum atomic E-state index is 11.7. The molecule has 1 aliphatic heterocycles. The first kappa shape index (κ1) is 13.6. The van der Waals surface area contributed by atoms with Crippen molar-refractivity contribution >= 4 is 11.6 Å². The molecule has 3 rings (SSSR count). The van der Waals surface area contributed by atoms with Crippen LogP contribution in [0.3, 0.4) is 0 Å². The number of nitrogens with zero attached hydrogens (tertiary/aromatic N) is 1. The molecule has 1 aromatic rings. The van der Waals surface area contributed by atoms with Crippen LogP contribution in [0.5, 0.6) is 0 Å². The van der Waals surface area contributed by atoms with E-state index in [-0.39, 0.29) is 23.4 Å². The van der Waals surface area contributed by atoms with Crippen molar-refractivity contribution in [3.63, 3.8) is 0 Å². The van der Waals surface area contributed by atoms with Gasteiger partial charge in [-0.05, 0) is 50.4 Å². The van der Waals surface area contributed by atoms with E-state index in [4.69, 9.17) is 4.42 Å². The second-order valence-electron chi connectivity index (χ2n) is 6.40. The number of furan rings is 1. The normalized spacial score (nSPS) is 23.4. The standard InChI is InChI=1S/C16H21NO3/c1-12-2-3-15(20-12)11-17-6-4-16(5-7-17)9-13(18)8-14(19)10-16/h2-3H,4-11H2,1H3. The van der Waals surface area contributed by atoms with Crippen molar-refractivity contribution < 1.29 is 14.0 Å². The average molecular weight is 275 g/mol. The zero-order chi connectivity index (χ0) is 14.2. The Morgan fingerprint density at radius 2 is 1.80 bits per heavy atom. The zero-order valence-corrected chi connectivity index (χ0v) is 12.0. The summed E-state index contributed by atoms with van der Waals surface area (Å²) in [6.07, 6.45) is 3.27. The van der Waals surface area contributed by atoms with Crippen LogP contribution in [-0.2, 0) is 16.1 Å². The summed E-state index contributed by atoms with van der Waals surface area (Å²) < 4.78 is 5.61. The third kappa shape index (κ3) is 2.85. The number of rotatable bonds is 2. The summed E-state index contributed by atoms with van der Waals surface area (Å²) in [7, 11) is 0. The summed E-state index contributed by atoms with van der Waals surface area (Å²) in [6.45, 7) is 4.67. The largest absolute Gasteiger partial charge is 0.465 e. The van der Waals surface area contributed by atoms with Gasteiger partial charge in [-0.15, -0.1) is 0 Å². The van der Waals surface area contributed by atoms with Crippen molar-refractivity contribution in [2.24, 2.45) is 5.41 Å². The second-order valence-corrected chi connectivity index (χ2v) is 6.40. The predicted molar refractivity (Wildman–Crippen MR) is 74.3 cm³/mol. The van der Waals surface area contributed by atoms with Crippen molar-refractivity contribution in [3.8, 4) is 0 Å². The van der Waals surface area contributed by atoms with Crippen LogP contribution in [-0.4, -0.2) is 29.6 Å². The van der Waals surface area contributed by atoms with Gasteiger partial charge in [0.1, 0.15) is 23.1 Å². The van der Waals surface area contributed by atoms with Crippen LogP contribution in [0, 0.1) is 12.3 Å². The van der Waals surface area contributed by atoms with Gasteiger partial charge < -0.3 is 4.42 Å². The molecule has 0 amide bonds. The highest BCUT2D eigenvalue weighted by atomic mass is 16.3. The Morgan fingerprint density at radius 3 is 2.35 bits per heavy atom. The molecule has 20 heavy (non-hydrogen) atoms. The molecule has 2 aliphatic rings. The number of likely N-dealkylation sites (tertiary alicyclic amines) is 1. The monoisotopic (exact) mass is 275 g/mol. The Kier molecular flexibility index (Phi) is 3.50. The molecule has 1 saturated carbocycles. The number of hydrogen-bond acceptors (Lipinski definition) is 4. The van der Waals surface area contributed by atoms with Crippen molar-refractivity contribution in [3.05, 3.63) is 23.7 Å². The third-order valence-electron chi connectivity index (χ3n) is 4.63. The van der Waals surface area contributed by atoms with Crippen molar-refractivity contribution in [1.29, 1.82) is 0 Å². The molecular weight excluding hydrogens is 254 g/mol. The molecule has 1 saturated heterocycles. The lowest BCUT2D eigenvalue weighted by atomic mass is 9.67. The molecule has 0 radical (unpaired) electrons. The minimum atomic E-state index is -0.0397. The number of hydrogen-bond donors (Lipinski definition) is 0. The van der Waals surface area contributed by atoms with Gasteiger partial charge in [-0.2, -0.15) is 0 Å². The molecule has 4 nitrogen and oxygen atoms in total. The average Bonchev–Trinajstić information content (AvgIpc) is 2.77. The van der Waals surface area contributed by atoms with Crippen LogP contribution in [0.25, 0.3) is 0 Å². The fourth-order valence-corrected chi connectivity index (χ4v) is 3.57. The molecule has 1 aliphatic carbocycles. The Bertz CT molecular complexity index is 506. The molecule has 0 N–H and O–H groups in total. The van der Waals surface area contributed by atoms with E-state index in [0.717, 1.165) is 44.0 Å². The van der Waals surface area contributed by atoms with Gasteiger partial charge in [0.05, 0.1) is 13.0 Å². The van der Waals surface area contributed by atoms with Crippen LogP contribution in [0.4, 0.5) is 0 Å². The Morgan fingerprint density at radius 1 is 1.15 bits per heavy atom. The highest BCUT2D eigenvalue weighted by Crippen LogP contribution is 2.42. The van der Waals surface area contributed by atoms with Gasteiger partial charge in [0.2, 0.25) is 0 Å². The highest BCUT2D eigenvalue weighted by molar-refractivity contribution is 6.02. The van der Waals surface area contributed by atoms with E-state index in [1.165, 1.54) is 0 Å². The molecule has 0 bridgehead atoms. The van der Waals surface area contributed by atoms with Gasteiger partial charge in [0.25, 0.3) is 0 Å². The van der Waals surface area contributed by atoms with E-state index in [2.05, 4.69) is 4.90 Å². The SMILES string of the molecule is Cc1ccc(CN2CCC3(CC2)CC(=O)CC(=O)C3)o1. The molecule has 0 unspecified atom stereocenters. The first-order valence-electron chi connectivity index (χ1n) is 7.36. The first-order chi connectivity index (χ1) is 9.55. The minimum Gasteiger partial charge on any atom is -0.465 e. The summed E-state index contributed by atoms with van der Waals surface area (Å²) in [5, 5.41) is 0. The van der Waals surface area contributed by atoms with Crippen molar-refractivity contribution in [2.45, 2.75) is 45.6 Å². The molecule has 2 fully saturated rings. The highest BCUT2D eigenvalue weighted by Gasteiger charge is 2.41. The summed E-state index contributed by atoms with van der Waals surface area (Å²) in [5.41, 5.74) is -0.0397. The van der Waals surface area contributed by atoms with Crippen LogP contribution in [0.2, 0.25) is 0 Å². The van der Waals surface area contributed by atoms with Gasteiger partial charge in [-0.3, -0.25) is 14.5 Å². The zero-order valence-electron chi connectivity index (χ0n) is 12.0. The molecule has 4 heteroatoms. The number of aryl methyl sites for hydroxylation is 1. The maximum absolute atomic E-state index is 11.7. The second kappa shape index (κ2) is 5.17. The van der Waals surface area contributed by atoms with Crippen LogP contribution in [0.15, 0.2) is 16.5 Å². The maximum Gasteiger partial charge on any atom is 0.140 e. The van der Waals surface area contributed by atoms with Crippen molar-refractivity contribution in [1.82, 2.24) is 4.90 Å². The predicted octanol–water partition coefficient (Wildman–Crippen LogP) is 2.49. The number of piperidine rings is 1. The fourth-order valence-electron chi connectivity index (χ4n) is 3.57. The van der Waals surface area contributed by atoms with Crippen LogP contribution >= 0.6 is 0 Å². The van der Waals surface area contributed by atoms with Gasteiger partial charge in [0.15, 0.2) is 0 Å². The Hall–Kier alpha value is -1.42. The summed E-state index contributed by atoms with van der Waals surface area (Å²) in [5.74, 6) is 2.21. The molecule has 2 heterocycles. The molecule has 0 atom stereocenters. The molecule has 0 aromatic carbocycles. The number of Topliss-reactive ketones (excluding diaryl/α,β-unsaturated/α-hetero) is 2. The first-order valence-corrected chi connectivity index (χ1v) is 7.36. The minimum absolute atomic E-state index is 0.0397. The number of carbonyl (C=O) groups is 2. The van der Waals surface area contributed by atoms with E-state index < -0.39 is 0 Å². The van der Waals surface area contributed by atoms with E-state index in [9.17, 15) is 9.59 Å². The Labute approximate surface area is 119 Å². The number of ketones is 2. The Balaban J connectivity index is 1.59. The molecule has 1 spiro atoms. The van der Waals surface area contributed by atoms with Crippen molar-refractivity contribution in [2.75, 3.05) is 13.1 Å². The lowest BCUT2D eigenvalue weighted by Gasteiger charge is -2.42.